The van der Waals surface area contributed by atoms with Gasteiger partial charge in [0.1, 0.15) is 11.5 Å². The van der Waals surface area contributed by atoms with Crippen LogP contribution < -0.4 is 14.8 Å². The largest absolute Gasteiger partial charge is 0.490 e. The van der Waals surface area contributed by atoms with Crippen molar-refractivity contribution in [1.82, 2.24) is 0 Å². The number of carbonyl (C=O) groups is 1. The van der Waals surface area contributed by atoms with Crippen molar-refractivity contribution in [1.29, 1.82) is 0 Å². The maximum atomic E-state index is 11.9. The molecule has 8 heteroatoms. The van der Waals surface area contributed by atoms with Crippen molar-refractivity contribution in [2.75, 3.05) is 11.9 Å². The number of anilines is 1. The van der Waals surface area contributed by atoms with Crippen molar-refractivity contribution in [2.45, 2.75) is 25.4 Å². The number of aliphatic hydroxyl groups is 1. The zero-order valence-corrected chi connectivity index (χ0v) is 14.5. The van der Waals surface area contributed by atoms with Crippen LogP contribution in [-0.4, -0.2) is 28.8 Å². The van der Waals surface area contributed by atoms with E-state index in [0.29, 0.717) is 17.4 Å². The minimum atomic E-state index is -0.695. The number of rotatable bonds is 6. The van der Waals surface area contributed by atoms with Crippen LogP contribution in [0.15, 0.2) is 48.5 Å². The van der Waals surface area contributed by atoms with E-state index in [1.54, 1.807) is 24.3 Å². The van der Waals surface area contributed by atoms with Crippen LogP contribution >= 0.6 is 0 Å². The lowest BCUT2D eigenvalue weighted by molar-refractivity contribution is -0.384. The molecular formula is C19H20N2O6. The maximum absolute atomic E-state index is 11.9. The highest BCUT2D eigenvalue weighted by Gasteiger charge is 2.25. The van der Waals surface area contributed by atoms with Crippen LogP contribution in [0.5, 0.6) is 11.5 Å². The van der Waals surface area contributed by atoms with Crippen molar-refractivity contribution in [3.05, 3.63) is 58.6 Å². The number of amides is 1. The first kappa shape index (κ1) is 18.7. The van der Waals surface area contributed by atoms with Gasteiger partial charge in [-0.05, 0) is 61.6 Å². The molecule has 0 radical (unpaired) electrons. The maximum Gasteiger partial charge on any atom is 0.417 e. The van der Waals surface area contributed by atoms with Crippen LogP contribution in [0.2, 0.25) is 0 Å². The number of nitrogens with one attached hydrogen (secondary N) is 1. The number of aliphatic hydroxyl groups excluding tert-OH is 1. The molecule has 2 N–H and O–H groups in total. The standard InChI is InChI=1S/C19H20N2O6/c22-12-13-1-6-18(11-13)26-16-7-2-14(3-8-16)20-19(23)27-17-9-4-15(5-10-17)21(24)25/h2-5,7-10,13,18,22H,1,6,11-12H2,(H,20,23). The smallest absolute Gasteiger partial charge is 0.417 e. The predicted molar refractivity (Wildman–Crippen MR) is 98.0 cm³/mol. The van der Waals surface area contributed by atoms with E-state index in [1.807, 2.05) is 0 Å². The van der Waals surface area contributed by atoms with Crippen molar-refractivity contribution in [3.8, 4) is 11.5 Å². The van der Waals surface area contributed by atoms with Gasteiger partial charge in [-0.1, -0.05) is 0 Å². The topological polar surface area (TPSA) is 111 Å². The molecule has 8 nitrogen and oxygen atoms in total. The molecule has 0 bridgehead atoms. The number of nitro benzene ring substituents is 1. The summed E-state index contributed by atoms with van der Waals surface area (Å²) in [6.45, 7) is 0.194. The molecule has 1 amide bonds. The van der Waals surface area contributed by atoms with E-state index in [9.17, 15) is 20.0 Å². The van der Waals surface area contributed by atoms with Crippen molar-refractivity contribution in [3.63, 3.8) is 0 Å². The summed E-state index contributed by atoms with van der Waals surface area (Å²) >= 11 is 0. The molecule has 1 aliphatic carbocycles. The molecule has 1 fully saturated rings. The molecule has 0 spiro atoms. The van der Waals surface area contributed by atoms with Gasteiger partial charge >= 0.3 is 6.09 Å². The van der Waals surface area contributed by atoms with Gasteiger partial charge in [-0.2, -0.15) is 0 Å². The summed E-state index contributed by atoms with van der Waals surface area (Å²) in [5, 5.41) is 22.4. The molecular weight excluding hydrogens is 352 g/mol. The van der Waals surface area contributed by atoms with Crippen molar-refractivity contribution >= 4 is 17.5 Å². The second-order valence-corrected chi connectivity index (χ2v) is 6.39. The van der Waals surface area contributed by atoms with Gasteiger partial charge in [0.15, 0.2) is 0 Å². The minimum absolute atomic E-state index is 0.0779. The summed E-state index contributed by atoms with van der Waals surface area (Å²) in [5.41, 5.74) is 0.458. The number of nitro groups is 1. The Kier molecular flexibility index (Phi) is 5.87. The number of carbonyl (C=O) groups excluding carboxylic acids is 1. The summed E-state index contributed by atoms with van der Waals surface area (Å²) in [7, 11) is 0. The lowest BCUT2D eigenvalue weighted by Gasteiger charge is -2.14. The fourth-order valence-corrected chi connectivity index (χ4v) is 3.00. The molecule has 3 rings (SSSR count). The molecule has 0 aliphatic heterocycles. The van der Waals surface area contributed by atoms with E-state index in [-0.39, 0.29) is 24.1 Å². The molecule has 2 aromatic carbocycles. The summed E-state index contributed by atoms with van der Waals surface area (Å²) in [6, 6.07) is 12.2. The van der Waals surface area contributed by atoms with Crippen LogP contribution in [0.4, 0.5) is 16.2 Å². The Morgan fingerprint density at radius 3 is 2.37 bits per heavy atom. The Labute approximate surface area is 155 Å². The first-order valence-electron chi connectivity index (χ1n) is 8.64. The van der Waals surface area contributed by atoms with Crippen molar-refractivity contribution < 1.29 is 24.3 Å². The molecule has 0 aromatic heterocycles. The quantitative estimate of drug-likeness (QED) is 0.590. The summed E-state index contributed by atoms with van der Waals surface area (Å²) in [6.07, 6.45) is 2.15. The highest BCUT2D eigenvalue weighted by molar-refractivity contribution is 5.86. The summed E-state index contributed by atoms with van der Waals surface area (Å²) in [4.78, 5) is 22.0. The van der Waals surface area contributed by atoms with E-state index in [4.69, 9.17) is 9.47 Å². The lowest BCUT2D eigenvalue weighted by Crippen LogP contribution is -2.17. The normalized spacial score (nSPS) is 18.7. The minimum Gasteiger partial charge on any atom is -0.490 e. The monoisotopic (exact) mass is 372 g/mol. The van der Waals surface area contributed by atoms with E-state index in [1.165, 1.54) is 24.3 Å². The molecule has 142 valence electrons. The Morgan fingerprint density at radius 1 is 1.11 bits per heavy atom. The highest BCUT2D eigenvalue weighted by Crippen LogP contribution is 2.29. The molecule has 1 saturated carbocycles. The van der Waals surface area contributed by atoms with Crippen LogP contribution in [0, 0.1) is 16.0 Å². The molecule has 2 atom stereocenters. The van der Waals surface area contributed by atoms with E-state index >= 15 is 0 Å². The molecule has 0 heterocycles. The van der Waals surface area contributed by atoms with E-state index in [2.05, 4.69) is 5.32 Å². The fourth-order valence-electron chi connectivity index (χ4n) is 3.00. The molecule has 0 saturated heterocycles. The average molecular weight is 372 g/mol. The van der Waals surface area contributed by atoms with Gasteiger partial charge in [0.2, 0.25) is 0 Å². The fraction of sp³-hybridized carbons (Fsp3) is 0.316. The zero-order chi connectivity index (χ0) is 19.2. The summed E-state index contributed by atoms with van der Waals surface area (Å²) < 4.78 is 11.0. The third-order valence-electron chi connectivity index (χ3n) is 4.41. The van der Waals surface area contributed by atoms with Crippen LogP contribution in [0.25, 0.3) is 0 Å². The highest BCUT2D eigenvalue weighted by atomic mass is 16.6. The second kappa shape index (κ2) is 8.50. The Morgan fingerprint density at radius 2 is 1.78 bits per heavy atom. The Hall–Kier alpha value is -3.13. The lowest BCUT2D eigenvalue weighted by atomic mass is 10.1. The van der Waals surface area contributed by atoms with Crippen molar-refractivity contribution in [2.24, 2.45) is 5.92 Å². The van der Waals surface area contributed by atoms with Gasteiger partial charge in [-0.15, -0.1) is 0 Å². The van der Waals surface area contributed by atoms with E-state index < -0.39 is 11.0 Å². The number of benzene rings is 2. The Bertz CT molecular complexity index is 791. The second-order valence-electron chi connectivity index (χ2n) is 6.39. The van der Waals surface area contributed by atoms with Gasteiger partial charge in [-0.3, -0.25) is 15.4 Å². The number of hydrogen-bond acceptors (Lipinski definition) is 6. The summed E-state index contributed by atoms with van der Waals surface area (Å²) in [5.74, 6) is 1.22. The predicted octanol–water partition coefficient (Wildman–Crippen LogP) is 3.75. The van der Waals surface area contributed by atoms with Crippen LogP contribution in [0.3, 0.4) is 0 Å². The molecule has 27 heavy (non-hydrogen) atoms. The first-order chi connectivity index (χ1) is 13.0. The number of non-ortho nitro benzene ring substituents is 1. The molecule has 1 aliphatic rings. The van der Waals surface area contributed by atoms with Gasteiger partial charge in [0.05, 0.1) is 11.0 Å². The number of hydrogen-bond donors (Lipinski definition) is 2. The third kappa shape index (κ3) is 5.18. The SMILES string of the molecule is O=C(Nc1ccc(OC2CCC(CO)C2)cc1)Oc1ccc([N+](=O)[O-])cc1. The van der Waals surface area contributed by atoms with E-state index in [0.717, 1.165) is 19.3 Å². The molecule has 2 aromatic rings. The number of ether oxygens (including phenoxy) is 2. The first-order valence-corrected chi connectivity index (χ1v) is 8.64. The van der Waals surface area contributed by atoms with Gasteiger partial charge in [-0.25, -0.2) is 4.79 Å². The van der Waals surface area contributed by atoms with Crippen LogP contribution in [-0.2, 0) is 0 Å². The van der Waals surface area contributed by atoms with Gasteiger partial charge in [0, 0.05) is 24.4 Å². The number of nitrogens with zero attached hydrogens (tertiary/aromatic N) is 1. The van der Waals surface area contributed by atoms with Crippen LogP contribution in [0.1, 0.15) is 19.3 Å². The third-order valence-corrected chi connectivity index (χ3v) is 4.41. The zero-order valence-electron chi connectivity index (χ0n) is 14.5. The van der Waals surface area contributed by atoms with Gasteiger partial charge in [0.25, 0.3) is 5.69 Å². The Balaban J connectivity index is 1.50. The molecule has 2 unspecified atom stereocenters. The average Bonchev–Trinajstić information content (AvgIpc) is 3.11. The van der Waals surface area contributed by atoms with Gasteiger partial charge < -0.3 is 14.6 Å².